The van der Waals surface area contributed by atoms with Crippen LogP contribution >= 0.6 is 0 Å². The topological polar surface area (TPSA) is 49.4 Å². The Labute approximate surface area is 205 Å². The van der Waals surface area contributed by atoms with E-state index in [2.05, 4.69) is 17.4 Å². The van der Waals surface area contributed by atoms with E-state index in [-0.39, 0.29) is 23.5 Å². The predicted octanol–water partition coefficient (Wildman–Crippen LogP) is 6.77. The van der Waals surface area contributed by atoms with Crippen LogP contribution in [0.4, 0.5) is 15.8 Å². The van der Waals surface area contributed by atoms with E-state index < -0.39 is 11.9 Å². The summed E-state index contributed by atoms with van der Waals surface area (Å²) in [5, 5.41) is 3.52. The van der Waals surface area contributed by atoms with E-state index in [0.29, 0.717) is 36.1 Å². The smallest absolute Gasteiger partial charge is 0.228 e. The number of carbonyl (C=O) groups is 2. The molecule has 1 aliphatic heterocycles. The number of Topliss-reactive ketones (excluding diaryl/α,β-unsaturated/α-hetero) is 1. The molecule has 3 aromatic rings. The van der Waals surface area contributed by atoms with E-state index in [1.807, 2.05) is 56.3 Å². The lowest BCUT2D eigenvalue weighted by atomic mass is 9.78. The number of hydrogen-bond acceptors (Lipinski definition) is 3. The van der Waals surface area contributed by atoms with Gasteiger partial charge in [0.2, 0.25) is 5.91 Å². The standard InChI is InChI=1S/C30H29FN2O2/c1-19(2)15-28(35)33-26-14-7-6-13-24(26)32-25-17-22(20-9-4-3-5-10-20)18-27(34)29(25)30(33)21-11-8-12-23(31)16-21/h3-14,16,19,22,30,32H,15,17-18H2,1-2H3. The summed E-state index contributed by atoms with van der Waals surface area (Å²) in [6, 6.07) is 23.2. The van der Waals surface area contributed by atoms with Crippen LogP contribution in [0.3, 0.4) is 0 Å². The van der Waals surface area contributed by atoms with Crippen molar-refractivity contribution in [3.8, 4) is 0 Å². The van der Waals surface area contributed by atoms with Gasteiger partial charge in [-0.2, -0.15) is 0 Å². The molecule has 4 nitrogen and oxygen atoms in total. The third kappa shape index (κ3) is 4.51. The molecule has 0 saturated carbocycles. The molecule has 35 heavy (non-hydrogen) atoms. The second-order valence-electron chi connectivity index (χ2n) is 9.79. The zero-order chi connectivity index (χ0) is 24.5. The lowest BCUT2D eigenvalue weighted by Gasteiger charge is -2.35. The molecule has 3 aromatic carbocycles. The van der Waals surface area contributed by atoms with Crippen molar-refractivity contribution in [1.82, 2.24) is 0 Å². The van der Waals surface area contributed by atoms with Crippen molar-refractivity contribution in [2.75, 3.05) is 10.2 Å². The zero-order valence-electron chi connectivity index (χ0n) is 20.0. The molecule has 1 N–H and O–H groups in total. The molecule has 5 rings (SSSR count). The van der Waals surface area contributed by atoms with Gasteiger partial charge in [-0.05, 0) is 53.6 Å². The molecule has 1 aliphatic carbocycles. The van der Waals surface area contributed by atoms with Crippen LogP contribution in [-0.2, 0) is 9.59 Å². The number of allylic oxidation sites excluding steroid dienone is 1. The van der Waals surface area contributed by atoms with Gasteiger partial charge in [-0.25, -0.2) is 4.39 Å². The molecule has 2 aliphatic rings. The van der Waals surface area contributed by atoms with E-state index >= 15 is 0 Å². The highest BCUT2D eigenvalue weighted by Crippen LogP contribution is 2.47. The molecule has 5 heteroatoms. The highest BCUT2D eigenvalue weighted by molar-refractivity contribution is 6.06. The normalized spacial score (nSPS) is 19.7. The number of ketones is 1. The lowest BCUT2D eigenvalue weighted by molar-refractivity contribution is -0.119. The summed E-state index contributed by atoms with van der Waals surface area (Å²) in [6.07, 6.45) is 1.31. The predicted molar refractivity (Wildman–Crippen MR) is 137 cm³/mol. The first kappa shape index (κ1) is 23.0. The molecule has 2 atom stereocenters. The van der Waals surface area contributed by atoms with Gasteiger partial charge in [-0.15, -0.1) is 0 Å². The molecular weight excluding hydrogens is 439 g/mol. The number of benzene rings is 3. The van der Waals surface area contributed by atoms with Gasteiger partial charge in [-0.1, -0.05) is 68.4 Å². The molecule has 0 fully saturated rings. The number of para-hydroxylation sites is 2. The Hall–Kier alpha value is -3.73. The number of amides is 1. The fourth-order valence-corrected chi connectivity index (χ4v) is 5.27. The van der Waals surface area contributed by atoms with Crippen LogP contribution in [0.1, 0.15) is 56.2 Å². The second-order valence-corrected chi connectivity index (χ2v) is 9.79. The molecular formula is C30H29FN2O2. The van der Waals surface area contributed by atoms with Crippen molar-refractivity contribution in [3.63, 3.8) is 0 Å². The number of hydrogen-bond donors (Lipinski definition) is 1. The van der Waals surface area contributed by atoms with E-state index in [4.69, 9.17) is 0 Å². The Kier molecular flexibility index (Phi) is 6.25. The number of anilines is 2. The SMILES string of the molecule is CC(C)CC(=O)N1c2ccccc2NC2=C(C(=O)CC(c3ccccc3)C2)C1c1cccc(F)c1. The van der Waals surface area contributed by atoms with Gasteiger partial charge in [-0.3, -0.25) is 14.5 Å². The highest BCUT2D eigenvalue weighted by atomic mass is 19.1. The van der Waals surface area contributed by atoms with Crippen LogP contribution in [-0.4, -0.2) is 11.7 Å². The first-order valence-corrected chi connectivity index (χ1v) is 12.2. The molecule has 0 radical (unpaired) electrons. The molecule has 1 heterocycles. The average molecular weight is 469 g/mol. The Morgan fingerprint density at radius 3 is 2.43 bits per heavy atom. The van der Waals surface area contributed by atoms with Crippen molar-refractivity contribution in [1.29, 1.82) is 0 Å². The number of nitrogens with zero attached hydrogens (tertiary/aromatic N) is 1. The maximum Gasteiger partial charge on any atom is 0.228 e. The molecule has 0 bridgehead atoms. The first-order chi connectivity index (χ1) is 16.9. The Morgan fingerprint density at radius 1 is 0.971 bits per heavy atom. The summed E-state index contributed by atoms with van der Waals surface area (Å²) in [5.41, 5.74) is 4.54. The fraction of sp³-hybridized carbons (Fsp3) is 0.267. The van der Waals surface area contributed by atoms with E-state index in [1.165, 1.54) is 12.1 Å². The summed E-state index contributed by atoms with van der Waals surface area (Å²) >= 11 is 0. The van der Waals surface area contributed by atoms with Crippen LogP contribution in [0.15, 0.2) is 90.1 Å². The fourth-order valence-electron chi connectivity index (χ4n) is 5.27. The van der Waals surface area contributed by atoms with Gasteiger partial charge in [0.15, 0.2) is 5.78 Å². The van der Waals surface area contributed by atoms with Gasteiger partial charge in [0, 0.05) is 24.1 Å². The summed E-state index contributed by atoms with van der Waals surface area (Å²) in [5.74, 6) is -0.325. The van der Waals surface area contributed by atoms with Crippen molar-refractivity contribution in [2.24, 2.45) is 5.92 Å². The molecule has 0 spiro atoms. The monoisotopic (exact) mass is 468 g/mol. The lowest BCUT2D eigenvalue weighted by Crippen LogP contribution is -2.39. The van der Waals surface area contributed by atoms with Crippen LogP contribution in [0.2, 0.25) is 0 Å². The first-order valence-electron chi connectivity index (χ1n) is 12.2. The Bertz CT molecular complexity index is 1300. The molecule has 1 amide bonds. The Morgan fingerprint density at radius 2 is 1.69 bits per heavy atom. The van der Waals surface area contributed by atoms with Gasteiger partial charge >= 0.3 is 0 Å². The summed E-state index contributed by atoms with van der Waals surface area (Å²) in [6.45, 7) is 4.00. The quantitative estimate of drug-likeness (QED) is 0.460. The van der Waals surface area contributed by atoms with Crippen LogP contribution in [0, 0.1) is 11.7 Å². The number of nitrogens with one attached hydrogen (secondary N) is 1. The van der Waals surface area contributed by atoms with Crippen molar-refractivity contribution < 1.29 is 14.0 Å². The summed E-state index contributed by atoms with van der Waals surface area (Å²) in [4.78, 5) is 29.3. The number of halogens is 1. The van der Waals surface area contributed by atoms with E-state index in [1.54, 1.807) is 17.0 Å². The minimum atomic E-state index is -0.702. The molecule has 0 aromatic heterocycles. The van der Waals surface area contributed by atoms with Crippen molar-refractivity contribution in [2.45, 2.75) is 45.1 Å². The van der Waals surface area contributed by atoms with E-state index in [0.717, 1.165) is 16.9 Å². The van der Waals surface area contributed by atoms with Crippen LogP contribution in [0.25, 0.3) is 0 Å². The maximum atomic E-state index is 14.4. The molecule has 0 saturated heterocycles. The zero-order valence-corrected chi connectivity index (χ0v) is 20.0. The number of fused-ring (bicyclic) bond motifs is 1. The largest absolute Gasteiger partial charge is 0.357 e. The van der Waals surface area contributed by atoms with Gasteiger partial charge in [0.05, 0.1) is 17.4 Å². The third-order valence-corrected chi connectivity index (χ3v) is 6.78. The highest BCUT2D eigenvalue weighted by Gasteiger charge is 2.41. The summed E-state index contributed by atoms with van der Waals surface area (Å²) in [7, 11) is 0. The summed E-state index contributed by atoms with van der Waals surface area (Å²) < 4.78 is 14.4. The van der Waals surface area contributed by atoms with Gasteiger partial charge in [0.1, 0.15) is 5.82 Å². The maximum absolute atomic E-state index is 14.4. The van der Waals surface area contributed by atoms with Crippen molar-refractivity contribution in [3.05, 3.63) is 107 Å². The van der Waals surface area contributed by atoms with Gasteiger partial charge in [0.25, 0.3) is 0 Å². The van der Waals surface area contributed by atoms with Crippen LogP contribution in [0.5, 0.6) is 0 Å². The third-order valence-electron chi connectivity index (χ3n) is 6.78. The minimum absolute atomic E-state index is 0.0167. The minimum Gasteiger partial charge on any atom is -0.357 e. The van der Waals surface area contributed by atoms with Crippen LogP contribution < -0.4 is 10.2 Å². The molecule has 178 valence electrons. The second kappa shape index (κ2) is 9.49. The number of rotatable bonds is 4. The van der Waals surface area contributed by atoms with Gasteiger partial charge < -0.3 is 5.32 Å². The van der Waals surface area contributed by atoms with E-state index in [9.17, 15) is 14.0 Å². The number of carbonyl (C=O) groups excluding carboxylic acids is 2. The molecule has 2 unspecified atom stereocenters. The average Bonchev–Trinajstić information content (AvgIpc) is 2.99. The Balaban J connectivity index is 1.71. The van der Waals surface area contributed by atoms with Crippen molar-refractivity contribution >= 4 is 23.1 Å².